The summed E-state index contributed by atoms with van der Waals surface area (Å²) in [4.78, 5) is 14.4. The zero-order valence-corrected chi connectivity index (χ0v) is 15.8. The number of piperidine rings is 1. The van der Waals surface area contributed by atoms with Crippen LogP contribution in [-0.4, -0.2) is 47.6 Å². The second kappa shape index (κ2) is 11.8. The standard InChI is InChI=1S/C18H28N2O2.2ClH/c19-15-18(22)10-13-20(14-11-18)12-6-2-5-9-17(21)16-7-3-1-4-8-16;;/h1,3-4,7-8,22H,2,5-6,9-15,19H2;2*1H. The van der Waals surface area contributed by atoms with E-state index >= 15 is 0 Å². The summed E-state index contributed by atoms with van der Waals surface area (Å²) in [6.45, 7) is 3.27. The van der Waals surface area contributed by atoms with E-state index in [1.807, 2.05) is 30.3 Å². The van der Waals surface area contributed by atoms with Crippen molar-refractivity contribution in [3.63, 3.8) is 0 Å². The zero-order valence-electron chi connectivity index (χ0n) is 14.2. The van der Waals surface area contributed by atoms with Crippen LogP contribution in [0.25, 0.3) is 0 Å². The monoisotopic (exact) mass is 376 g/mol. The van der Waals surface area contributed by atoms with E-state index in [-0.39, 0.29) is 30.6 Å². The fourth-order valence-corrected chi connectivity index (χ4v) is 2.96. The predicted octanol–water partition coefficient (Wildman–Crippen LogP) is 3.06. The molecule has 6 heteroatoms. The number of rotatable bonds is 8. The van der Waals surface area contributed by atoms with Crippen LogP contribution in [-0.2, 0) is 0 Å². The Bertz CT molecular complexity index is 463. The number of hydrogen-bond donors (Lipinski definition) is 2. The molecule has 1 aliphatic rings. The van der Waals surface area contributed by atoms with Gasteiger partial charge in [0.2, 0.25) is 0 Å². The van der Waals surface area contributed by atoms with Crippen LogP contribution in [0.1, 0.15) is 48.9 Å². The first-order valence-electron chi connectivity index (χ1n) is 8.36. The first kappa shape index (κ1) is 23.4. The van der Waals surface area contributed by atoms with Gasteiger partial charge in [-0.2, -0.15) is 0 Å². The zero-order chi connectivity index (χ0) is 15.8. The average Bonchev–Trinajstić information content (AvgIpc) is 2.57. The van der Waals surface area contributed by atoms with Gasteiger partial charge >= 0.3 is 0 Å². The smallest absolute Gasteiger partial charge is 0.162 e. The van der Waals surface area contributed by atoms with Crippen molar-refractivity contribution in [2.45, 2.75) is 44.1 Å². The second-order valence-electron chi connectivity index (χ2n) is 6.37. The molecule has 24 heavy (non-hydrogen) atoms. The molecular formula is C18H30Cl2N2O2. The van der Waals surface area contributed by atoms with Crippen LogP contribution in [0.15, 0.2) is 30.3 Å². The summed E-state index contributed by atoms with van der Waals surface area (Å²) in [5, 5.41) is 10.1. The van der Waals surface area contributed by atoms with Gasteiger partial charge in [0.15, 0.2) is 5.78 Å². The van der Waals surface area contributed by atoms with E-state index in [9.17, 15) is 9.90 Å². The summed E-state index contributed by atoms with van der Waals surface area (Å²) in [6.07, 6.45) is 5.33. The first-order chi connectivity index (χ1) is 10.6. The lowest BCUT2D eigenvalue weighted by atomic mass is 9.91. The molecule has 3 N–H and O–H groups in total. The Morgan fingerprint density at radius 3 is 2.29 bits per heavy atom. The molecule has 1 aromatic rings. The molecule has 1 aromatic carbocycles. The maximum Gasteiger partial charge on any atom is 0.162 e. The Kier molecular flexibility index (Phi) is 11.5. The highest BCUT2D eigenvalue weighted by molar-refractivity contribution is 5.95. The highest BCUT2D eigenvalue weighted by atomic mass is 35.5. The Hall–Kier alpha value is -0.650. The Balaban J connectivity index is 0.00000264. The maximum absolute atomic E-state index is 12.0. The van der Waals surface area contributed by atoms with Gasteiger partial charge in [-0.05, 0) is 32.2 Å². The van der Waals surface area contributed by atoms with Gasteiger partial charge in [-0.15, -0.1) is 24.8 Å². The van der Waals surface area contributed by atoms with Crippen LogP contribution >= 0.6 is 24.8 Å². The van der Waals surface area contributed by atoms with Crippen LogP contribution in [0.4, 0.5) is 0 Å². The van der Waals surface area contributed by atoms with Crippen LogP contribution in [0.3, 0.4) is 0 Å². The van der Waals surface area contributed by atoms with Crippen LogP contribution in [0, 0.1) is 0 Å². The summed E-state index contributed by atoms with van der Waals surface area (Å²) in [5.74, 6) is 0.242. The van der Waals surface area contributed by atoms with E-state index in [2.05, 4.69) is 4.90 Å². The molecule has 0 spiro atoms. The number of benzene rings is 1. The van der Waals surface area contributed by atoms with Gasteiger partial charge in [-0.1, -0.05) is 36.8 Å². The number of nitrogens with two attached hydrogens (primary N) is 1. The number of carbonyl (C=O) groups is 1. The fraction of sp³-hybridized carbons (Fsp3) is 0.611. The van der Waals surface area contributed by atoms with Gasteiger partial charge in [0.25, 0.3) is 0 Å². The summed E-state index contributed by atoms with van der Waals surface area (Å²) < 4.78 is 0. The lowest BCUT2D eigenvalue weighted by Gasteiger charge is -2.37. The molecule has 1 fully saturated rings. The van der Waals surface area contributed by atoms with Crippen molar-refractivity contribution in [2.24, 2.45) is 5.73 Å². The minimum atomic E-state index is -0.640. The van der Waals surface area contributed by atoms with E-state index in [1.54, 1.807) is 0 Å². The van der Waals surface area contributed by atoms with Gasteiger partial charge in [0, 0.05) is 31.6 Å². The SMILES string of the molecule is Cl.Cl.NCC1(O)CCN(CCCCCC(=O)c2ccccc2)CC1. The second-order valence-corrected chi connectivity index (χ2v) is 6.37. The van der Waals surface area contributed by atoms with E-state index in [0.717, 1.165) is 57.3 Å². The molecule has 0 radical (unpaired) electrons. The van der Waals surface area contributed by atoms with Crippen molar-refractivity contribution in [1.29, 1.82) is 0 Å². The van der Waals surface area contributed by atoms with Crippen LogP contribution in [0.5, 0.6) is 0 Å². The van der Waals surface area contributed by atoms with Gasteiger partial charge in [0.1, 0.15) is 0 Å². The Morgan fingerprint density at radius 2 is 1.71 bits per heavy atom. The molecular weight excluding hydrogens is 347 g/mol. The number of Topliss-reactive ketones (excluding diaryl/α,β-unsaturated/α-hetero) is 1. The third kappa shape index (κ3) is 7.49. The number of ketones is 1. The molecule has 0 bridgehead atoms. The normalized spacial score (nSPS) is 16.8. The summed E-state index contributed by atoms with van der Waals surface area (Å²) >= 11 is 0. The van der Waals surface area contributed by atoms with Gasteiger partial charge < -0.3 is 15.7 Å². The van der Waals surface area contributed by atoms with Crippen molar-refractivity contribution >= 4 is 30.6 Å². The largest absolute Gasteiger partial charge is 0.388 e. The van der Waals surface area contributed by atoms with Crippen LogP contribution < -0.4 is 5.73 Å². The third-order valence-corrected chi connectivity index (χ3v) is 4.64. The molecule has 0 aromatic heterocycles. The molecule has 2 rings (SSSR count). The molecule has 0 amide bonds. The quantitative estimate of drug-likeness (QED) is 0.540. The summed E-state index contributed by atoms with van der Waals surface area (Å²) in [6, 6.07) is 9.52. The molecule has 0 saturated carbocycles. The van der Waals surface area contributed by atoms with E-state index in [4.69, 9.17) is 5.73 Å². The molecule has 0 unspecified atom stereocenters. The minimum absolute atomic E-state index is 0. The number of carbonyl (C=O) groups excluding carboxylic acids is 1. The third-order valence-electron chi connectivity index (χ3n) is 4.64. The summed E-state index contributed by atoms with van der Waals surface area (Å²) in [7, 11) is 0. The van der Waals surface area contributed by atoms with E-state index in [0.29, 0.717) is 13.0 Å². The molecule has 138 valence electrons. The molecule has 1 heterocycles. The van der Waals surface area contributed by atoms with Gasteiger partial charge in [0.05, 0.1) is 5.60 Å². The fourth-order valence-electron chi connectivity index (χ4n) is 2.96. The van der Waals surface area contributed by atoms with Crippen molar-refractivity contribution < 1.29 is 9.90 Å². The first-order valence-corrected chi connectivity index (χ1v) is 8.36. The van der Waals surface area contributed by atoms with Crippen molar-refractivity contribution in [3.05, 3.63) is 35.9 Å². The van der Waals surface area contributed by atoms with Crippen LogP contribution in [0.2, 0.25) is 0 Å². The molecule has 4 nitrogen and oxygen atoms in total. The lowest BCUT2D eigenvalue weighted by Crippen LogP contribution is -2.48. The van der Waals surface area contributed by atoms with E-state index < -0.39 is 5.60 Å². The van der Waals surface area contributed by atoms with Gasteiger partial charge in [-0.25, -0.2) is 0 Å². The molecule has 0 atom stereocenters. The number of aliphatic hydroxyl groups is 1. The predicted molar refractivity (Wildman–Crippen MR) is 103 cm³/mol. The highest BCUT2D eigenvalue weighted by Crippen LogP contribution is 2.21. The van der Waals surface area contributed by atoms with Gasteiger partial charge in [-0.3, -0.25) is 4.79 Å². The summed E-state index contributed by atoms with van der Waals surface area (Å²) in [5.41, 5.74) is 5.78. The Labute approximate surface area is 157 Å². The van der Waals surface area contributed by atoms with E-state index in [1.165, 1.54) is 0 Å². The number of unbranched alkanes of at least 4 members (excludes halogenated alkanes) is 2. The number of halogens is 2. The number of nitrogens with zero attached hydrogens (tertiary/aromatic N) is 1. The molecule has 0 aliphatic carbocycles. The average molecular weight is 377 g/mol. The molecule has 1 saturated heterocycles. The van der Waals surface area contributed by atoms with Crippen molar-refractivity contribution in [1.82, 2.24) is 4.90 Å². The van der Waals surface area contributed by atoms with Crippen molar-refractivity contribution in [2.75, 3.05) is 26.2 Å². The lowest BCUT2D eigenvalue weighted by molar-refractivity contribution is -0.0136. The number of hydrogen-bond acceptors (Lipinski definition) is 4. The molecule has 1 aliphatic heterocycles. The minimum Gasteiger partial charge on any atom is -0.388 e. The maximum atomic E-state index is 12.0. The topological polar surface area (TPSA) is 66.6 Å². The Morgan fingerprint density at radius 1 is 1.08 bits per heavy atom. The van der Waals surface area contributed by atoms with Crippen molar-refractivity contribution in [3.8, 4) is 0 Å². The highest BCUT2D eigenvalue weighted by Gasteiger charge is 2.30. The number of likely N-dealkylation sites (tertiary alicyclic amines) is 1.